The van der Waals surface area contributed by atoms with Crippen LogP contribution in [0.1, 0.15) is 82.1 Å². The lowest BCUT2D eigenvalue weighted by molar-refractivity contribution is -0.136. The quantitative estimate of drug-likeness (QED) is 0.196. The van der Waals surface area contributed by atoms with Crippen molar-refractivity contribution in [3.63, 3.8) is 0 Å². The van der Waals surface area contributed by atoms with Crippen LogP contribution < -0.4 is 26.0 Å². The monoisotopic (exact) mass is 866 g/mol. The van der Waals surface area contributed by atoms with Gasteiger partial charge in [-0.25, -0.2) is 4.68 Å². The summed E-state index contributed by atoms with van der Waals surface area (Å²) >= 11 is 0. The van der Waals surface area contributed by atoms with E-state index in [0.717, 1.165) is 106 Å². The number of fused-ring (bicyclic) bond motifs is 2. The Morgan fingerprint density at radius 3 is 2.09 bits per heavy atom. The van der Waals surface area contributed by atoms with Crippen LogP contribution in [-0.2, 0) is 9.59 Å². The third kappa shape index (κ3) is 7.30. The molecule has 4 N–H and O–H groups in total. The van der Waals surface area contributed by atoms with Crippen LogP contribution in [-0.4, -0.2) is 142 Å². The Hall–Kier alpha value is -6.10. The van der Waals surface area contributed by atoms with E-state index in [1.165, 1.54) is 12.8 Å². The molecule has 5 fully saturated rings. The Morgan fingerprint density at radius 1 is 0.703 bits per heavy atom. The smallest absolute Gasteiger partial charge is 0.262 e. The van der Waals surface area contributed by atoms with E-state index in [1.807, 2.05) is 60.7 Å². The van der Waals surface area contributed by atoms with Crippen molar-refractivity contribution in [3.8, 4) is 22.8 Å². The number of nitrogens with one attached hydrogen (secondary N) is 2. The molecule has 5 saturated heterocycles. The van der Waals surface area contributed by atoms with Gasteiger partial charge < -0.3 is 25.6 Å². The highest BCUT2D eigenvalue weighted by Gasteiger charge is 2.46. The van der Waals surface area contributed by atoms with Gasteiger partial charge in [-0.3, -0.25) is 44.0 Å². The zero-order valence-electron chi connectivity index (χ0n) is 35.9. The number of imide groups is 2. The zero-order valence-corrected chi connectivity index (χ0v) is 35.9. The summed E-state index contributed by atoms with van der Waals surface area (Å²) in [6, 6.07) is 23.6. The highest BCUT2D eigenvalue weighted by atomic mass is 16.5. The lowest BCUT2D eigenvalue weighted by atomic mass is 9.85. The standard InChI is InChI=1S/C48H54N10O6/c49-44(60)42-43(30-6-9-36(10-7-30)64-35-4-2-1-3-5-35)52-58-39(14-19-50-45(42)58)29-15-20-53(21-16-29)31-17-22-54(23-18-31)33-25-56(26-33)34-27-55(28-34)32-8-11-37-38(24-32)48(63)57(47(37)62)40-12-13-41(59)51-46(40)61/h1-11,24,29,31,33-34,39-40,50H,12-23,25-28H2,(H2,49,60)(H,51,59,61)/t39-,40?/m0/s1. The van der Waals surface area contributed by atoms with Gasteiger partial charge in [0.05, 0.1) is 17.2 Å². The van der Waals surface area contributed by atoms with Crippen LogP contribution in [0.25, 0.3) is 11.3 Å². The second-order valence-electron chi connectivity index (χ2n) is 18.6. The Kier molecular flexibility index (Phi) is 10.5. The molecular weight excluding hydrogens is 813 g/mol. The number of hydrogen-bond donors (Lipinski definition) is 3. The molecule has 5 amide bonds. The summed E-state index contributed by atoms with van der Waals surface area (Å²) in [4.78, 5) is 74.8. The number of ether oxygens (including phenoxy) is 1. The number of amides is 5. The van der Waals surface area contributed by atoms with Crippen LogP contribution in [0.15, 0.2) is 72.8 Å². The average molecular weight is 867 g/mol. The first-order valence-electron chi connectivity index (χ1n) is 23.0. The van der Waals surface area contributed by atoms with Crippen LogP contribution in [0.4, 0.5) is 11.5 Å². The lowest BCUT2D eigenvalue weighted by Gasteiger charge is -2.55. The highest BCUT2D eigenvalue weighted by molar-refractivity contribution is 6.23. The third-order valence-corrected chi connectivity index (χ3v) is 15.0. The summed E-state index contributed by atoms with van der Waals surface area (Å²) in [5.41, 5.74) is 9.45. The van der Waals surface area contributed by atoms with E-state index >= 15 is 0 Å². The topological polar surface area (TPSA) is 179 Å². The number of carbonyl (C=O) groups is 5. The van der Waals surface area contributed by atoms with Crippen LogP contribution in [0, 0.1) is 5.92 Å². The molecule has 0 spiro atoms. The molecule has 8 heterocycles. The molecule has 0 bridgehead atoms. The lowest BCUT2D eigenvalue weighted by Crippen LogP contribution is -2.70. The number of primary amides is 1. The van der Waals surface area contributed by atoms with Gasteiger partial charge in [-0.05, 0) is 112 Å². The summed E-state index contributed by atoms with van der Waals surface area (Å²) in [6.07, 6.45) is 5.80. The Bertz CT molecular complexity index is 2480. The van der Waals surface area contributed by atoms with E-state index in [9.17, 15) is 24.0 Å². The Labute approximate surface area is 371 Å². The molecule has 64 heavy (non-hydrogen) atoms. The van der Waals surface area contributed by atoms with Crippen molar-refractivity contribution in [1.82, 2.24) is 34.7 Å². The second kappa shape index (κ2) is 16.5. The first-order valence-corrected chi connectivity index (χ1v) is 23.0. The summed E-state index contributed by atoms with van der Waals surface area (Å²) in [5, 5.41) is 10.8. The van der Waals surface area contributed by atoms with Gasteiger partial charge in [-0.1, -0.05) is 18.2 Å². The first-order chi connectivity index (χ1) is 31.2. The van der Waals surface area contributed by atoms with Crippen LogP contribution in [0.5, 0.6) is 11.5 Å². The fraction of sp³-hybridized carbons (Fsp3) is 0.458. The van der Waals surface area contributed by atoms with Gasteiger partial charge in [-0.15, -0.1) is 0 Å². The zero-order chi connectivity index (χ0) is 43.6. The van der Waals surface area contributed by atoms with Gasteiger partial charge in [0.1, 0.15) is 34.6 Å². The number of aromatic nitrogens is 2. The number of likely N-dealkylation sites (tertiary alicyclic amines) is 3. The molecule has 0 radical (unpaired) electrons. The third-order valence-electron chi connectivity index (χ3n) is 15.0. The molecule has 4 aromatic rings. The van der Waals surface area contributed by atoms with Crippen molar-refractivity contribution < 1.29 is 28.7 Å². The van der Waals surface area contributed by atoms with E-state index in [0.29, 0.717) is 52.2 Å². The fourth-order valence-corrected chi connectivity index (χ4v) is 11.3. The Balaban J connectivity index is 0.641. The van der Waals surface area contributed by atoms with Crippen molar-refractivity contribution in [1.29, 1.82) is 0 Å². The van der Waals surface area contributed by atoms with Gasteiger partial charge in [0.2, 0.25) is 11.8 Å². The van der Waals surface area contributed by atoms with Gasteiger partial charge >= 0.3 is 0 Å². The van der Waals surface area contributed by atoms with Crippen molar-refractivity contribution in [2.24, 2.45) is 11.7 Å². The van der Waals surface area contributed by atoms with E-state index in [1.54, 1.807) is 12.1 Å². The summed E-state index contributed by atoms with van der Waals surface area (Å²) in [5.74, 6) is 0.275. The number of benzene rings is 3. The maximum atomic E-state index is 13.3. The molecular formula is C48H54N10O6. The molecule has 1 aromatic heterocycles. The van der Waals surface area contributed by atoms with Crippen LogP contribution >= 0.6 is 0 Å². The van der Waals surface area contributed by atoms with Gasteiger partial charge in [0, 0.05) is 81.6 Å². The molecule has 0 saturated carbocycles. The molecule has 16 heteroatoms. The number of anilines is 2. The predicted molar refractivity (Wildman–Crippen MR) is 238 cm³/mol. The summed E-state index contributed by atoms with van der Waals surface area (Å²) in [6.45, 7) is 9.08. The first kappa shape index (κ1) is 40.7. The van der Waals surface area contributed by atoms with Crippen molar-refractivity contribution in [2.75, 3.05) is 69.1 Å². The number of carbonyl (C=O) groups excluding carboxylic acids is 5. The molecule has 332 valence electrons. The number of para-hydroxylation sites is 1. The van der Waals surface area contributed by atoms with Gasteiger partial charge in [0.15, 0.2) is 0 Å². The normalized spacial score (nSPS) is 24.2. The van der Waals surface area contributed by atoms with Crippen molar-refractivity contribution >= 4 is 41.0 Å². The second-order valence-corrected chi connectivity index (χ2v) is 18.6. The molecule has 3 aromatic carbocycles. The molecule has 7 aliphatic heterocycles. The van der Waals surface area contributed by atoms with Crippen molar-refractivity contribution in [2.45, 2.75) is 75.2 Å². The highest BCUT2D eigenvalue weighted by Crippen LogP contribution is 2.41. The SMILES string of the molecule is NC(=O)c1c(-c2ccc(Oc3ccccc3)cc2)nn2c1NCC[C@H]2C1CCN(C2CCN(C3CN(C4CN(c5ccc6c(c5)C(=O)N(C5CCC(=O)NC5=O)C6=O)C4)C3)CC2)CC1. The maximum Gasteiger partial charge on any atom is 0.262 e. The summed E-state index contributed by atoms with van der Waals surface area (Å²) in [7, 11) is 0. The molecule has 2 atom stereocenters. The van der Waals surface area contributed by atoms with E-state index < -0.39 is 29.7 Å². The fourth-order valence-electron chi connectivity index (χ4n) is 11.3. The van der Waals surface area contributed by atoms with E-state index in [-0.39, 0.29) is 24.8 Å². The van der Waals surface area contributed by atoms with E-state index in [4.69, 9.17) is 15.6 Å². The minimum Gasteiger partial charge on any atom is -0.457 e. The molecule has 11 rings (SSSR count). The summed E-state index contributed by atoms with van der Waals surface area (Å²) < 4.78 is 8.06. The van der Waals surface area contributed by atoms with Gasteiger partial charge in [0.25, 0.3) is 17.7 Å². The number of hydrogen-bond acceptors (Lipinski definition) is 12. The van der Waals surface area contributed by atoms with Crippen LogP contribution in [0.2, 0.25) is 0 Å². The number of nitrogens with zero attached hydrogens (tertiary/aromatic N) is 7. The van der Waals surface area contributed by atoms with E-state index in [2.05, 4.69) is 34.9 Å². The number of nitrogens with two attached hydrogens (primary N) is 1. The maximum absolute atomic E-state index is 13.3. The minimum absolute atomic E-state index is 0.101. The average Bonchev–Trinajstić information content (AvgIpc) is 3.79. The largest absolute Gasteiger partial charge is 0.457 e. The van der Waals surface area contributed by atoms with Crippen LogP contribution in [0.3, 0.4) is 0 Å². The van der Waals surface area contributed by atoms with Gasteiger partial charge in [-0.2, -0.15) is 5.10 Å². The molecule has 16 nitrogen and oxygen atoms in total. The molecule has 7 aliphatic rings. The molecule has 0 aliphatic carbocycles. The predicted octanol–water partition coefficient (Wildman–Crippen LogP) is 3.95. The Morgan fingerprint density at radius 2 is 1.38 bits per heavy atom. The molecule has 1 unspecified atom stereocenters. The van der Waals surface area contributed by atoms with Crippen molar-refractivity contribution in [3.05, 3.63) is 89.5 Å². The number of rotatable bonds is 10. The minimum atomic E-state index is -0.961. The number of piperidine rings is 3.